The van der Waals surface area contributed by atoms with Crippen LogP contribution in [0.25, 0.3) is 10.8 Å². The minimum atomic E-state index is -0.145. The Hall–Kier alpha value is -3.65. The van der Waals surface area contributed by atoms with Gasteiger partial charge in [0.05, 0.1) is 5.41 Å². The quantitative estimate of drug-likeness (QED) is 0.258. The van der Waals surface area contributed by atoms with Crippen LogP contribution in [0.2, 0.25) is 0 Å². The van der Waals surface area contributed by atoms with E-state index in [9.17, 15) is 0 Å². The van der Waals surface area contributed by atoms with Gasteiger partial charge < -0.3 is 4.90 Å². The van der Waals surface area contributed by atoms with Gasteiger partial charge in [0.25, 0.3) is 0 Å². The van der Waals surface area contributed by atoms with Gasteiger partial charge in [-0.25, -0.2) is 0 Å². The Bertz CT molecular complexity index is 1570. The van der Waals surface area contributed by atoms with Gasteiger partial charge in [-0.2, -0.15) is 4.58 Å². The summed E-state index contributed by atoms with van der Waals surface area (Å²) in [6.45, 7) is 13.7. The zero-order valence-electron chi connectivity index (χ0n) is 22.8. The highest BCUT2D eigenvalue weighted by Crippen LogP contribution is 2.51. The lowest BCUT2D eigenvalue weighted by Crippen LogP contribution is -2.35. The first kappa shape index (κ1) is 23.7. The minimum absolute atomic E-state index is 0.0614. The molecule has 6 rings (SSSR count). The molecule has 2 aliphatic heterocycles. The van der Waals surface area contributed by atoms with Crippen LogP contribution in [0.15, 0.2) is 103 Å². The van der Waals surface area contributed by atoms with Gasteiger partial charge in [-0.3, -0.25) is 0 Å². The van der Waals surface area contributed by atoms with Crippen LogP contribution >= 0.6 is 0 Å². The van der Waals surface area contributed by atoms with Gasteiger partial charge in [0.1, 0.15) is 6.54 Å². The summed E-state index contributed by atoms with van der Waals surface area (Å²) in [5.74, 6) is 0. The summed E-state index contributed by atoms with van der Waals surface area (Å²) >= 11 is 0. The number of rotatable bonds is 5. The molecule has 0 bridgehead atoms. The monoisotopic (exact) mass is 485 g/mol. The summed E-state index contributed by atoms with van der Waals surface area (Å²) in [5.41, 5.74) is 9.52. The Morgan fingerprint density at radius 2 is 1.43 bits per heavy atom. The third kappa shape index (κ3) is 3.49. The van der Waals surface area contributed by atoms with Crippen molar-refractivity contribution in [1.82, 2.24) is 0 Å². The highest BCUT2D eigenvalue weighted by molar-refractivity contribution is 6.04. The predicted molar refractivity (Wildman–Crippen MR) is 157 cm³/mol. The molecule has 0 aliphatic carbocycles. The average molecular weight is 486 g/mol. The molecule has 37 heavy (non-hydrogen) atoms. The first-order valence-corrected chi connectivity index (χ1v) is 13.7. The Kier molecular flexibility index (Phi) is 5.60. The van der Waals surface area contributed by atoms with Gasteiger partial charge in [0, 0.05) is 41.1 Å². The van der Waals surface area contributed by atoms with Crippen LogP contribution in [-0.2, 0) is 17.3 Å². The maximum absolute atomic E-state index is 2.56. The standard InChI is InChI=1S/C35H37N2/c1-6-36-30-21-12-10-19-28(30)34(3,4)32(36)23-33-35(5,29-20-11-13-22-31(29)37(33)7-2)24-26-17-14-16-25-15-8-9-18-27(25)26/h8-23H,6-7,24H2,1-5H3/q+1. The number of para-hydroxylation sites is 2. The second-order valence-corrected chi connectivity index (χ2v) is 11.2. The molecule has 0 spiro atoms. The molecular formula is C35H37N2+. The minimum Gasteiger partial charge on any atom is -0.344 e. The van der Waals surface area contributed by atoms with Crippen LogP contribution in [0, 0.1) is 0 Å². The van der Waals surface area contributed by atoms with E-state index in [1.807, 2.05) is 0 Å². The lowest BCUT2D eigenvalue weighted by Gasteiger charge is -2.31. The van der Waals surface area contributed by atoms with E-state index in [2.05, 4.69) is 141 Å². The summed E-state index contributed by atoms with van der Waals surface area (Å²) in [6, 6.07) is 33.6. The zero-order valence-corrected chi connectivity index (χ0v) is 22.8. The number of likely N-dealkylation sites (N-methyl/N-ethyl adjacent to an activating group) is 1. The van der Waals surface area contributed by atoms with Crippen LogP contribution in [0.4, 0.5) is 11.4 Å². The van der Waals surface area contributed by atoms with Crippen LogP contribution in [0.1, 0.15) is 51.3 Å². The second kappa shape index (κ2) is 8.73. The fourth-order valence-corrected chi connectivity index (χ4v) is 6.90. The van der Waals surface area contributed by atoms with E-state index in [1.165, 1.54) is 50.2 Å². The fraction of sp³-hybridized carbons (Fsp3) is 0.286. The molecule has 2 aliphatic rings. The molecule has 0 fully saturated rings. The van der Waals surface area contributed by atoms with Crippen molar-refractivity contribution in [2.24, 2.45) is 0 Å². The van der Waals surface area contributed by atoms with E-state index in [1.54, 1.807) is 0 Å². The number of hydrogen-bond donors (Lipinski definition) is 0. The summed E-state index contributed by atoms with van der Waals surface area (Å²) in [5, 5.41) is 2.67. The van der Waals surface area contributed by atoms with Crippen molar-refractivity contribution in [2.45, 2.75) is 51.9 Å². The SMILES string of the molecule is CCN1C(=CC2=[N+](CC)c3ccccc3C2(C)C)C(C)(Cc2cccc3ccccc23)c2ccccc21. The van der Waals surface area contributed by atoms with Crippen LogP contribution in [-0.4, -0.2) is 23.4 Å². The number of anilines is 1. The van der Waals surface area contributed by atoms with Crippen molar-refractivity contribution < 1.29 is 4.58 Å². The molecule has 0 saturated heterocycles. The molecule has 186 valence electrons. The highest BCUT2D eigenvalue weighted by atomic mass is 15.2. The van der Waals surface area contributed by atoms with E-state index < -0.39 is 0 Å². The summed E-state index contributed by atoms with van der Waals surface area (Å²) in [7, 11) is 0. The second-order valence-electron chi connectivity index (χ2n) is 11.2. The first-order chi connectivity index (χ1) is 17.9. The van der Waals surface area contributed by atoms with Gasteiger partial charge in [0.15, 0.2) is 5.71 Å². The molecule has 4 aromatic carbocycles. The van der Waals surface area contributed by atoms with Crippen LogP contribution < -0.4 is 4.90 Å². The molecule has 4 aromatic rings. The molecule has 2 heteroatoms. The van der Waals surface area contributed by atoms with Gasteiger partial charge >= 0.3 is 0 Å². The molecular weight excluding hydrogens is 448 g/mol. The van der Waals surface area contributed by atoms with Gasteiger partial charge in [-0.1, -0.05) is 78.9 Å². The molecule has 1 unspecified atom stereocenters. The van der Waals surface area contributed by atoms with Crippen molar-refractivity contribution >= 4 is 27.9 Å². The van der Waals surface area contributed by atoms with Gasteiger partial charge in [-0.05, 0) is 69.0 Å². The van der Waals surface area contributed by atoms with E-state index in [-0.39, 0.29) is 10.8 Å². The number of allylic oxidation sites excluding steroid dienone is 2. The smallest absolute Gasteiger partial charge is 0.209 e. The number of nitrogens with zero attached hydrogens (tertiary/aromatic N) is 2. The lowest BCUT2D eigenvalue weighted by molar-refractivity contribution is -0.433. The Labute approximate surface area is 221 Å². The normalized spacial score (nSPS) is 21.1. The number of fused-ring (bicyclic) bond motifs is 3. The van der Waals surface area contributed by atoms with Crippen LogP contribution in [0.3, 0.4) is 0 Å². The summed E-state index contributed by atoms with van der Waals surface area (Å²) in [4.78, 5) is 2.56. The molecule has 0 saturated carbocycles. The van der Waals surface area contributed by atoms with Gasteiger partial charge in [0.2, 0.25) is 5.69 Å². The maximum Gasteiger partial charge on any atom is 0.209 e. The highest BCUT2D eigenvalue weighted by Gasteiger charge is 2.48. The Morgan fingerprint density at radius 3 is 2.22 bits per heavy atom. The number of benzene rings is 4. The fourth-order valence-electron chi connectivity index (χ4n) is 6.90. The van der Waals surface area contributed by atoms with Crippen LogP contribution in [0.5, 0.6) is 0 Å². The van der Waals surface area contributed by atoms with Crippen molar-refractivity contribution in [2.75, 3.05) is 18.0 Å². The molecule has 1 atom stereocenters. The number of hydrogen-bond acceptors (Lipinski definition) is 1. The molecule has 0 amide bonds. The molecule has 2 heterocycles. The molecule has 0 radical (unpaired) electrons. The van der Waals surface area contributed by atoms with E-state index in [0.717, 1.165) is 19.5 Å². The maximum atomic E-state index is 2.56. The van der Waals surface area contributed by atoms with Crippen molar-refractivity contribution in [3.63, 3.8) is 0 Å². The van der Waals surface area contributed by atoms with E-state index in [4.69, 9.17) is 0 Å². The summed E-state index contributed by atoms with van der Waals surface area (Å²) in [6.07, 6.45) is 3.50. The van der Waals surface area contributed by atoms with E-state index >= 15 is 0 Å². The summed E-state index contributed by atoms with van der Waals surface area (Å²) < 4.78 is 2.53. The Balaban J connectivity index is 1.58. The third-order valence-corrected chi connectivity index (χ3v) is 8.77. The Morgan fingerprint density at radius 1 is 0.757 bits per heavy atom. The molecule has 0 N–H and O–H groups in total. The first-order valence-electron chi connectivity index (χ1n) is 13.7. The lowest BCUT2D eigenvalue weighted by atomic mass is 9.74. The van der Waals surface area contributed by atoms with Crippen molar-refractivity contribution in [3.05, 3.63) is 119 Å². The van der Waals surface area contributed by atoms with Crippen molar-refractivity contribution in [1.29, 1.82) is 0 Å². The average Bonchev–Trinajstić information content (AvgIpc) is 3.29. The zero-order chi connectivity index (χ0) is 25.8. The van der Waals surface area contributed by atoms with E-state index in [0.29, 0.717) is 0 Å². The van der Waals surface area contributed by atoms with Crippen molar-refractivity contribution in [3.8, 4) is 0 Å². The molecule has 2 nitrogen and oxygen atoms in total. The largest absolute Gasteiger partial charge is 0.344 e. The van der Waals surface area contributed by atoms with Gasteiger partial charge in [-0.15, -0.1) is 0 Å². The third-order valence-electron chi connectivity index (χ3n) is 8.77. The topological polar surface area (TPSA) is 6.25 Å². The predicted octanol–water partition coefficient (Wildman–Crippen LogP) is 8.16. The molecule has 0 aromatic heterocycles.